The molecule has 1 aliphatic heterocycles. The van der Waals surface area contributed by atoms with Gasteiger partial charge in [0.25, 0.3) is 0 Å². The van der Waals surface area contributed by atoms with Crippen molar-refractivity contribution < 1.29 is 14.3 Å². The number of hydrogen-bond acceptors (Lipinski definition) is 3. The summed E-state index contributed by atoms with van der Waals surface area (Å²) in [4.78, 5) is 26.0. The first-order valence-electron chi connectivity index (χ1n) is 9.49. The normalized spacial score (nSPS) is 14.6. The molecule has 0 saturated carbocycles. The Hall–Kier alpha value is -2.82. The topological polar surface area (TPSA) is 58.6 Å². The summed E-state index contributed by atoms with van der Waals surface area (Å²) < 4.78 is 5.37. The largest absolute Gasteiger partial charge is 0.445 e. The van der Waals surface area contributed by atoms with Gasteiger partial charge in [0.15, 0.2) is 0 Å². The average molecular weight is 366 g/mol. The Balaban J connectivity index is 1.34. The lowest BCUT2D eigenvalue weighted by atomic mass is 10.0. The van der Waals surface area contributed by atoms with E-state index in [0.29, 0.717) is 19.5 Å². The Bertz CT molecular complexity index is 726. The lowest BCUT2D eigenvalue weighted by Crippen LogP contribution is -2.46. The monoisotopic (exact) mass is 366 g/mol. The molecule has 1 aliphatic rings. The van der Waals surface area contributed by atoms with E-state index in [1.807, 2.05) is 60.7 Å². The molecule has 27 heavy (non-hydrogen) atoms. The van der Waals surface area contributed by atoms with Crippen molar-refractivity contribution in [2.75, 3.05) is 13.1 Å². The van der Waals surface area contributed by atoms with Crippen molar-refractivity contribution in [2.45, 2.75) is 38.3 Å². The van der Waals surface area contributed by atoms with E-state index in [1.54, 1.807) is 4.90 Å². The van der Waals surface area contributed by atoms with Crippen LogP contribution in [0.25, 0.3) is 0 Å². The maximum Gasteiger partial charge on any atom is 0.410 e. The Morgan fingerprint density at radius 3 is 2.15 bits per heavy atom. The molecule has 2 aromatic rings. The highest BCUT2D eigenvalue weighted by Crippen LogP contribution is 2.13. The standard InChI is InChI=1S/C22H26N2O3/c25-21(12-11-18-7-3-1-4-8-18)23-20-13-15-24(16-14-20)22(26)27-17-19-9-5-2-6-10-19/h1-10,20H,11-17H2,(H,23,25). The molecule has 0 radical (unpaired) electrons. The van der Waals surface area contributed by atoms with Crippen molar-refractivity contribution in [1.29, 1.82) is 0 Å². The van der Waals surface area contributed by atoms with Crippen LogP contribution in [-0.2, 0) is 22.6 Å². The van der Waals surface area contributed by atoms with Crippen LogP contribution in [0.2, 0.25) is 0 Å². The number of aryl methyl sites for hydroxylation is 1. The molecule has 0 aromatic heterocycles. The smallest absolute Gasteiger partial charge is 0.410 e. The zero-order valence-corrected chi connectivity index (χ0v) is 15.5. The Morgan fingerprint density at radius 1 is 0.926 bits per heavy atom. The molecule has 5 heteroatoms. The zero-order chi connectivity index (χ0) is 18.9. The number of amides is 2. The summed E-state index contributed by atoms with van der Waals surface area (Å²) >= 11 is 0. The fourth-order valence-corrected chi connectivity index (χ4v) is 3.22. The summed E-state index contributed by atoms with van der Waals surface area (Å²) in [6.45, 7) is 1.50. The molecule has 0 spiro atoms. The van der Waals surface area contributed by atoms with Gasteiger partial charge in [-0.1, -0.05) is 60.7 Å². The number of rotatable bonds is 6. The summed E-state index contributed by atoms with van der Waals surface area (Å²) in [5.74, 6) is 0.0731. The van der Waals surface area contributed by atoms with Gasteiger partial charge in [0, 0.05) is 25.6 Å². The van der Waals surface area contributed by atoms with Crippen molar-refractivity contribution in [2.24, 2.45) is 0 Å². The van der Waals surface area contributed by atoms with Gasteiger partial charge in [0.05, 0.1) is 0 Å². The van der Waals surface area contributed by atoms with Crippen molar-refractivity contribution in [3.05, 3.63) is 71.8 Å². The van der Waals surface area contributed by atoms with E-state index in [-0.39, 0.29) is 24.6 Å². The number of likely N-dealkylation sites (tertiary alicyclic amines) is 1. The molecule has 2 aromatic carbocycles. The SMILES string of the molecule is O=C(CCc1ccccc1)NC1CCN(C(=O)OCc2ccccc2)CC1. The van der Waals surface area contributed by atoms with E-state index < -0.39 is 0 Å². The summed E-state index contributed by atoms with van der Waals surface area (Å²) in [7, 11) is 0. The van der Waals surface area contributed by atoms with E-state index in [0.717, 1.165) is 24.8 Å². The predicted molar refractivity (Wildman–Crippen MR) is 104 cm³/mol. The highest BCUT2D eigenvalue weighted by Gasteiger charge is 2.24. The minimum Gasteiger partial charge on any atom is -0.445 e. The summed E-state index contributed by atoms with van der Waals surface area (Å²) in [6.07, 6.45) is 2.48. The predicted octanol–water partition coefficient (Wildman–Crippen LogP) is 3.54. The van der Waals surface area contributed by atoms with Crippen LogP contribution in [0, 0.1) is 0 Å². The molecule has 0 unspecified atom stereocenters. The lowest BCUT2D eigenvalue weighted by molar-refractivity contribution is -0.122. The van der Waals surface area contributed by atoms with Crippen molar-refractivity contribution >= 4 is 12.0 Å². The molecule has 3 rings (SSSR count). The molecule has 0 atom stereocenters. The van der Waals surface area contributed by atoms with Crippen LogP contribution in [0.1, 0.15) is 30.4 Å². The van der Waals surface area contributed by atoms with Crippen LogP contribution < -0.4 is 5.32 Å². The lowest BCUT2D eigenvalue weighted by Gasteiger charge is -2.31. The molecule has 2 amide bonds. The molecule has 1 N–H and O–H groups in total. The fraction of sp³-hybridized carbons (Fsp3) is 0.364. The van der Waals surface area contributed by atoms with Crippen LogP contribution in [0.3, 0.4) is 0 Å². The maximum atomic E-state index is 12.2. The average Bonchev–Trinajstić information content (AvgIpc) is 2.72. The molecule has 0 aliphatic carbocycles. The number of carbonyl (C=O) groups excluding carboxylic acids is 2. The Labute approximate surface area is 160 Å². The second-order valence-corrected chi connectivity index (χ2v) is 6.85. The van der Waals surface area contributed by atoms with Crippen LogP contribution >= 0.6 is 0 Å². The fourth-order valence-electron chi connectivity index (χ4n) is 3.22. The summed E-state index contributed by atoms with van der Waals surface area (Å²) in [5.41, 5.74) is 2.15. The summed E-state index contributed by atoms with van der Waals surface area (Å²) in [5, 5.41) is 3.09. The zero-order valence-electron chi connectivity index (χ0n) is 15.5. The van der Waals surface area contributed by atoms with E-state index in [9.17, 15) is 9.59 Å². The second-order valence-electron chi connectivity index (χ2n) is 6.85. The number of carbonyl (C=O) groups is 2. The van der Waals surface area contributed by atoms with Crippen molar-refractivity contribution in [1.82, 2.24) is 10.2 Å². The second kappa shape index (κ2) is 9.76. The van der Waals surface area contributed by atoms with Gasteiger partial charge in [0.1, 0.15) is 6.61 Å². The van der Waals surface area contributed by atoms with Gasteiger partial charge in [-0.05, 0) is 30.4 Å². The number of piperidine rings is 1. The van der Waals surface area contributed by atoms with Crippen LogP contribution in [0.4, 0.5) is 4.79 Å². The number of nitrogens with one attached hydrogen (secondary N) is 1. The molecular weight excluding hydrogens is 340 g/mol. The van der Waals surface area contributed by atoms with E-state index in [4.69, 9.17) is 4.74 Å². The Kier molecular flexibility index (Phi) is 6.85. The number of benzene rings is 2. The number of nitrogens with zero attached hydrogens (tertiary/aromatic N) is 1. The molecule has 5 nitrogen and oxygen atoms in total. The van der Waals surface area contributed by atoms with Gasteiger partial charge in [0.2, 0.25) is 5.91 Å². The third-order valence-corrected chi connectivity index (χ3v) is 4.81. The highest BCUT2D eigenvalue weighted by molar-refractivity contribution is 5.76. The molecular formula is C22H26N2O3. The van der Waals surface area contributed by atoms with Crippen LogP contribution in [0.15, 0.2) is 60.7 Å². The van der Waals surface area contributed by atoms with Gasteiger partial charge >= 0.3 is 6.09 Å². The van der Waals surface area contributed by atoms with E-state index >= 15 is 0 Å². The minimum absolute atomic E-state index is 0.0731. The number of ether oxygens (including phenoxy) is 1. The number of hydrogen-bond donors (Lipinski definition) is 1. The van der Waals surface area contributed by atoms with Crippen molar-refractivity contribution in [3.8, 4) is 0 Å². The first-order valence-corrected chi connectivity index (χ1v) is 9.49. The quantitative estimate of drug-likeness (QED) is 0.851. The van der Waals surface area contributed by atoms with Gasteiger partial charge in [-0.3, -0.25) is 4.79 Å². The van der Waals surface area contributed by atoms with Gasteiger partial charge in [-0.15, -0.1) is 0 Å². The first kappa shape index (κ1) is 19.0. The third kappa shape index (κ3) is 6.13. The molecule has 142 valence electrons. The molecule has 1 heterocycles. The molecule has 1 fully saturated rings. The van der Waals surface area contributed by atoms with Crippen LogP contribution in [-0.4, -0.2) is 36.0 Å². The highest BCUT2D eigenvalue weighted by atomic mass is 16.6. The van der Waals surface area contributed by atoms with E-state index in [1.165, 1.54) is 5.56 Å². The molecule has 1 saturated heterocycles. The third-order valence-electron chi connectivity index (χ3n) is 4.81. The molecule has 0 bridgehead atoms. The van der Waals surface area contributed by atoms with Crippen molar-refractivity contribution in [3.63, 3.8) is 0 Å². The Morgan fingerprint density at radius 2 is 1.52 bits per heavy atom. The summed E-state index contributed by atoms with van der Waals surface area (Å²) in [6, 6.07) is 19.8. The van der Waals surface area contributed by atoms with Gasteiger partial charge < -0.3 is 15.0 Å². The maximum absolute atomic E-state index is 12.2. The van der Waals surface area contributed by atoms with Gasteiger partial charge in [-0.25, -0.2) is 4.79 Å². The minimum atomic E-state index is -0.285. The van der Waals surface area contributed by atoms with Gasteiger partial charge in [-0.2, -0.15) is 0 Å². The van der Waals surface area contributed by atoms with Crippen LogP contribution in [0.5, 0.6) is 0 Å². The first-order chi connectivity index (χ1) is 13.2. The van der Waals surface area contributed by atoms with E-state index in [2.05, 4.69) is 5.32 Å².